The number of nitro groups is 1. The Kier molecular flexibility index (Phi) is 7.89. The molecule has 12 nitrogen and oxygen atoms in total. The molecule has 1 aromatic carbocycles. The summed E-state index contributed by atoms with van der Waals surface area (Å²) < 4.78 is 2.16. The van der Waals surface area contributed by atoms with Crippen LogP contribution in [-0.2, 0) is 0 Å². The van der Waals surface area contributed by atoms with Gasteiger partial charge < -0.3 is 26.3 Å². The summed E-state index contributed by atoms with van der Waals surface area (Å²) in [4.78, 5) is 37.1. The first-order chi connectivity index (χ1) is 18.4. The standard InChI is InChI=1S/C25H32ClN9O3/c26-20-13-18(35(37)38)9-10-19(20)24(36)29-12-11-28-22-21-23(34(14-30-21)17-3-1-2-4-17)33-25(32-22)31-16-7-5-15(27)6-8-16/h9-10,13-17H,1-8,11-12,27H2,(H,29,36)(H2,28,31,32,33). The first kappa shape index (κ1) is 26.1. The van der Waals surface area contributed by atoms with E-state index in [-0.39, 0.29) is 34.9 Å². The van der Waals surface area contributed by atoms with Crippen molar-refractivity contribution < 1.29 is 9.72 Å². The Morgan fingerprint density at radius 3 is 2.61 bits per heavy atom. The largest absolute Gasteiger partial charge is 0.366 e. The second kappa shape index (κ2) is 11.5. The van der Waals surface area contributed by atoms with E-state index in [1.807, 2.05) is 6.33 Å². The summed E-state index contributed by atoms with van der Waals surface area (Å²) in [5, 5.41) is 20.5. The highest BCUT2D eigenvalue weighted by atomic mass is 35.5. The molecule has 0 saturated heterocycles. The number of nitro benzene ring substituents is 1. The molecule has 2 aliphatic carbocycles. The third-order valence-electron chi connectivity index (χ3n) is 7.36. The van der Waals surface area contributed by atoms with Gasteiger partial charge in [-0.15, -0.1) is 0 Å². The molecule has 2 aromatic heterocycles. The molecule has 0 unspecified atom stereocenters. The van der Waals surface area contributed by atoms with Crippen molar-refractivity contribution in [2.75, 3.05) is 23.7 Å². The Labute approximate surface area is 224 Å². The van der Waals surface area contributed by atoms with E-state index in [0.717, 1.165) is 44.2 Å². The third-order valence-corrected chi connectivity index (χ3v) is 7.67. The molecule has 2 heterocycles. The number of hydrogen-bond acceptors (Lipinski definition) is 9. The lowest BCUT2D eigenvalue weighted by Crippen LogP contribution is -2.33. The summed E-state index contributed by atoms with van der Waals surface area (Å²) in [6.45, 7) is 0.667. The van der Waals surface area contributed by atoms with Crippen molar-refractivity contribution in [1.82, 2.24) is 24.8 Å². The monoisotopic (exact) mass is 541 g/mol. The van der Waals surface area contributed by atoms with Crippen molar-refractivity contribution in [3.05, 3.63) is 45.2 Å². The maximum absolute atomic E-state index is 12.6. The molecule has 1 amide bonds. The minimum atomic E-state index is -0.555. The molecule has 2 fully saturated rings. The molecular formula is C25H32ClN9O3. The van der Waals surface area contributed by atoms with Crippen LogP contribution in [0.2, 0.25) is 5.02 Å². The number of aromatic nitrogens is 4. The predicted octanol–water partition coefficient (Wildman–Crippen LogP) is 4.03. The van der Waals surface area contributed by atoms with Crippen LogP contribution in [0.15, 0.2) is 24.5 Å². The highest BCUT2D eigenvalue weighted by molar-refractivity contribution is 6.34. The molecule has 0 radical (unpaired) electrons. The van der Waals surface area contributed by atoms with Crippen LogP contribution in [-0.4, -0.2) is 55.5 Å². The SMILES string of the molecule is NC1CCC(Nc2nc(NCCNC(=O)c3ccc([N+](=O)[O-])cc3Cl)c3ncn(C4CCCC4)c3n2)CC1. The summed E-state index contributed by atoms with van der Waals surface area (Å²) in [6.07, 6.45) is 10.4. The van der Waals surface area contributed by atoms with E-state index in [2.05, 4.69) is 25.5 Å². The van der Waals surface area contributed by atoms with Crippen LogP contribution in [0.1, 0.15) is 67.8 Å². The molecular weight excluding hydrogens is 510 g/mol. The second-order valence-corrected chi connectivity index (χ2v) is 10.4. The maximum atomic E-state index is 12.6. The van der Waals surface area contributed by atoms with Gasteiger partial charge >= 0.3 is 0 Å². The number of imidazole rings is 1. The summed E-state index contributed by atoms with van der Waals surface area (Å²) in [7, 11) is 0. The normalized spacial score (nSPS) is 19.9. The number of anilines is 2. The van der Waals surface area contributed by atoms with Gasteiger partial charge in [-0.2, -0.15) is 9.97 Å². The number of non-ortho nitro benzene ring substituents is 1. The minimum Gasteiger partial charge on any atom is -0.366 e. The van der Waals surface area contributed by atoms with E-state index in [9.17, 15) is 14.9 Å². The van der Waals surface area contributed by atoms with E-state index in [0.29, 0.717) is 29.9 Å². The van der Waals surface area contributed by atoms with Crippen LogP contribution in [0.3, 0.4) is 0 Å². The number of benzene rings is 1. The van der Waals surface area contributed by atoms with Crippen LogP contribution in [0, 0.1) is 10.1 Å². The van der Waals surface area contributed by atoms with E-state index >= 15 is 0 Å². The summed E-state index contributed by atoms with van der Waals surface area (Å²) in [5.74, 6) is 0.745. The molecule has 3 aromatic rings. The Morgan fingerprint density at radius 1 is 1.13 bits per heavy atom. The molecule has 0 spiro atoms. The van der Waals surface area contributed by atoms with Crippen molar-refractivity contribution >= 4 is 46.1 Å². The number of hydrogen-bond donors (Lipinski definition) is 4. The Morgan fingerprint density at radius 2 is 1.89 bits per heavy atom. The molecule has 38 heavy (non-hydrogen) atoms. The van der Waals surface area contributed by atoms with Crippen molar-refractivity contribution in [2.45, 2.75) is 69.5 Å². The fourth-order valence-corrected chi connectivity index (χ4v) is 5.51. The Bertz CT molecular complexity index is 1320. The van der Waals surface area contributed by atoms with Gasteiger partial charge in [0.25, 0.3) is 11.6 Å². The number of fused-ring (bicyclic) bond motifs is 1. The average molecular weight is 542 g/mol. The number of carbonyl (C=O) groups excluding carboxylic acids is 1. The number of nitrogens with two attached hydrogens (primary N) is 1. The lowest BCUT2D eigenvalue weighted by molar-refractivity contribution is -0.384. The van der Waals surface area contributed by atoms with Crippen LogP contribution in [0.5, 0.6) is 0 Å². The zero-order chi connectivity index (χ0) is 26.6. The fraction of sp³-hybridized carbons (Fsp3) is 0.520. The molecule has 0 atom stereocenters. The number of halogens is 1. The van der Waals surface area contributed by atoms with Gasteiger partial charge in [0.1, 0.15) is 0 Å². The van der Waals surface area contributed by atoms with Gasteiger partial charge in [-0.3, -0.25) is 14.9 Å². The first-order valence-corrected chi connectivity index (χ1v) is 13.5. The van der Waals surface area contributed by atoms with Crippen LogP contribution >= 0.6 is 11.6 Å². The van der Waals surface area contributed by atoms with E-state index in [1.54, 1.807) is 0 Å². The molecule has 0 bridgehead atoms. The Balaban J connectivity index is 1.28. The first-order valence-electron chi connectivity index (χ1n) is 13.1. The quantitative estimate of drug-likeness (QED) is 0.178. The molecule has 13 heteroatoms. The molecule has 202 valence electrons. The number of carbonyl (C=O) groups is 1. The number of nitrogens with zero attached hydrogens (tertiary/aromatic N) is 5. The lowest BCUT2D eigenvalue weighted by atomic mass is 9.92. The number of rotatable bonds is 9. The van der Waals surface area contributed by atoms with Crippen LogP contribution in [0.25, 0.3) is 11.2 Å². The zero-order valence-corrected chi connectivity index (χ0v) is 21.8. The van der Waals surface area contributed by atoms with Crippen LogP contribution in [0.4, 0.5) is 17.5 Å². The van der Waals surface area contributed by atoms with Gasteiger partial charge in [0.2, 0.25) is 5.95 Å². The highest BCUT2D eigenvalue weighted by Gasteiger charge is 2.24. The van der Waals surface area contributed by atoms with Crippen molar-refractivity contribution in [3.63, 3.8) is 0 Å². The van der Waals surface area contributed by atoms with E-state index in [1.165, 1.54) is 31.0 Å². The molecule has 2 aliphatic rings. The zero-order valence-electron chi connectivity index (χ0n) is 21.0. The number of nitrogens with one attached hydrogen (secondary N) is 3. The molecule has 5 N–H and O–H groups in total. The second-order valence-electron chi connectivity index (χ2n) is 10.0. The van der Waals surface area contributed by atoms with Gasteiger partial charge in [-0.05, 0) is 44.6 Å². The summed E-state index contributed by atoms with van der Waals surface area (Å²) in [6, 6.07) is 4.69. The molecule has 5 rings (SSSR count). The molecule has 2 saturated carbocycles. The average Bonchev–Trinajstić information content (AvgIpc) is 3.58. The summed E-state index contributed by atoms with van der Waals surface area (Å²) in [5.41, 5.74) is 7.57. The third kappa shape index (κ3) is 5.81. The van der Waals surface area contributed by atoms with Crippen LogP contribution < -0.4 is 21.7 Å². The van der Waals surface area contributed by atoms with Gasteiger partial charge in [0.05, 0.1) is 21.8 Å². The maximum Gasteiger partial charge on any atom is 0.270 e. The molecule has 0 aliphatic heterocycles. The summed E-state index contributed by atoms with van der Waals surface area (Å²) >= 11 is 6.08. The van der Waals surface area contributed by atoms with Crippen molar-refractivity contribution in [1.29, 1.82) is 0 Å². The van der Waals surface area contributed by atoms with Gasteiger partial charge in [-0.25, -0.2) is 4.98 Å². The number of amides is 1. The van der Waals surface area contributed by atoms with E-state index < -0.39 is 10.8 Å². The fourth-order valence-electron chi connectivity index (χ4n) is 5.25. The lowest BCUT2D eigenvalue weighted by Gasteiger charge is -2.27. The minimum absolute atomic E-state index is 0.0269. The predicted molar refractivity (Wildman–Crippen MR) is 146 cm³/mol. The van der Waals surface area contributed by atoms with Gasteiger partial charge in [0.15, 0.2) is 17.0 Å². The van der Waals surface area contributed by atoms with Crippen molar-refractivity contribution in [2.24, 2.45) is 5.73 Å². The smallest absolute Gasteiger partial charge is 0.270 e. The topological polar surface area (TPSA) is 166 Å². The van der Waals surface area contributed by atoms with E-state index in [4.69, 9.17) is 27.3 Å². The van der Waals surface area contributed by atoms with Gasteiger partial charge in [-0.1, -0.05) is 24.4 Å². The highest BCUT2D eigenvalue weighted by Crippen LogP contribution is 2.33. The Hall–Kier alpha value is -3.51. The van der Waals surface area contributed by atoms with Crippen molar-refractivity contribution in [3.8, 4) is 0 Å². The van der Waals surface area contributed by atoms with Gasteiger partial charge in [0, 0.05) is 43.3 Å².